The van der Waals surface area contributed by atoms with Crippen molar-refractivity contribution >= 4 is 6.08 Å². The molecule has 0 heterocycles. The molecule has 1 rings (SSSR count). The second-order valence-corrected chi connectivity index (χ2v) is 2.69. The van der Waals surface area contributed by atoms with E-state index in [9.17, 15) is 18.9 Å². The van der Waals surface area contributed by atoms with Gasteiger partial charge in [0.25, 0.3) is 0 Å². The molecule has 14 heavy (non-hydrogen) atoms. The van der Waals surface area contributed by atoms with E-state index in [0.29, 0.717) is 6.20 Å². The van der Waals surface area contributed by atoms with Crippen molar-refractivity contribution in [1.29, 1.82) is 0 Å². The standard InChI is InChI=1S/C9H7F2NO2/c1-6-2-3-8(10)7(9(6)11)4-5-12(13)14/h2-5H,1H3/b5-4+. The number of halogens is 2. The molecule has 0 fully saturated rings. The van der Waals surface area contributed by atoms with Crippen LogP contribution < -0.4 is 0 Å². The first-order valence-corrected chi connectivity index (χ1v) is 3.78. The number of hydrogen-bond donors (Lipinski definition) is 0. The van der Waals surface area contributed by atoms with Crippen molar-refractivity contribution < 1.29 is 13.7 Å². The third kappa shape index (κ3) is 2.12. The highest BCUT2D eigenvalue weighted by Gasteiger charge is 2.09. The van der Waals surface area contributed by atoms with Gasteiger partial charge in [-0.3, -0.25) is 10.1 Å². The van der Waals surface area contributed by atoms with Crippen molar-refractivity contribution in [3.63, 3.8) is 0 Å². The Balaban J connectivity index is 3.19. The first-order valence-electron chi connectivity index (χ1n) is 3.78. The highest BCUT2D eigenvalue weighted by Crippen LogP contribution is 2.17. The van der Waals surface area contributed by atoms with Crippen LogP contribution in [0.1, 0.15) is 11.1 Å². The Morgan fingerprint density at radius 3 is 2.64 bits per heavy atom. The van der Waals surface area contributed by atoms with Crippen LogP contribution in [0.5, 0.6) is 0 Å². The highest BCUT2D eigenvalue weighted by molar-refractivity contribution is 5.51. The van der Waals surface area contributed by atoms with Crippen molar-refractivity contribution in [2.45, 2.75) is 6.92 Å². The van der Waals surface area contributed by atoms with Crippen LogP contribution in [0, 0.1) is 28.7 Å². The molecule has 0 saturated heterocycles. The maximum Gasteiger partial charge on any atom is 0.235 e. The Morgan fingerprint density at radius 1 is 1.43 bits per heavy atom. The highest BCUT2D eigenvalue weighted by atomic mass is 19.1. The molecule has 3 nitrogen and oxygen atoms in total. The van der Waals surface area contributed by atoms with E-state index in [1.807, 2.05) is 0 Å². The largest absolute Gasteiger partial charge is 0.259 e. The van der Waals surface area contributed by atoms with E-state index in [1.165, 1.54) is 13.0 Å². The number of nitrogens with zero attached hydrogens (tertiary/aromatic N) is 1. The molecule has 0 N–H and O–H groups in total. The molecule has 0 radical (unpaired) electrons. The summed E-state index contributed by atoms with van der Waals surface area (Å²) < 4.78 is 26.2. The van der Waals surface area contributed by atoms with Gasteiger partial charge in [-0.2, -0.15) is 0 Å². The van der Waals surface area contributed by atoms with E-state index in [-0.39, 0.29) is 11.1 Å². The zero-order valence-corrected chi connectivity index (χ0v) is 7.33. The van der Waals surface area contributed by atoms with E-state index in [2.05, 4.69) is 0 Å². The van der Waals surface area contributed by atoms with Gasteiger partial charge < -0.3 is 0 Å². The van der Waals surface area contributed by atoms with Crippen LogP contribution >= 0.6 is 0 Å². The third-order valence-electron chi connectivity index (χ3n) is 1.68. The van der Waals surface area contributed by atoms with Crippen LogP contribution in [0.15, 0.2) is 18.3 Å². The van der Waals surface area contributed by atoms with Gasteiger partial charge in [-0.15, -0.1) is 0 Å². The van der Waals surface area contributed by atoms with E-state index in [1.54, 1.807) is 0 Å². The summed E-state index contributed by atoms with van der Waals surface area (Å²) in [5, 5.41) is 9.95. The minimum atomic E-state index is -0.814. The van der Waals surface area contributed by atoms with Crippen LogP contribution in [-0.2, 0) is 0 Å². The number of aryl methyl sites for hydroxylation is 1. The van der Waals surface area contributed by atoms with Gasteiger partial charge in [0.1, 0.15) is 11.6 Å². The van der Waals surface area contributed by atoms with Crippen molar-refractivity contribution in [2.24, 2.45) is 0 Å². The first kappa shape index (κ1) is 10.3. The summed E-state index contributed by atoms with van der Waals surface area (Å²) in [6.07, 6.45) is 1.30. The summed E-state index contributed by atoms with van der Waals surface area (Å²) in [6, 6.07) is 2.34. The summed E-state index contributed by atoms with van der Waals surface area (Å²) in [7, 11) is 0. The minimum Gasteiger partial charge on any atom is -0.259 e. The molecule has 74 valence electrons. The van der Waals surface area contributed by atoms with Crippen LogP contribution in [0.4, 0.5) is 8.78 Å². The summed E-state index contributed by atoms with van der Waals surface area (Å²) in [6.45, 7) is 1.46. The van der Waals surface area contributed by atoms with Crippen molar-refractivity contribution in [1.82, 2.24) is 0 Å². The molecule has 0 aliphatic rings. The fraction of sp³-hybridized carbons (Fsp3) is 0.111. The Bertz CT molecular complexity index is 402. The lowest BCUT2D eigenvalue weighted by Gasteiger charge is -2.00. The van der Waals surface area contributed by atoms with Crippen molar-refractivity contribution in [2.75, 3.05) is 0 Å². The summed E-state index contributed by atoms with van der Waals surface area (Å²) in [5.74, 6) is -1.59. The first-order chi connectivity index (χ1) is 6.52. The lowest BCUT2D eigenvalue weighted by Crippen LogP contribution is -1.93. The van der Waals surface area contributed by atoms with Gasteiger partial charge in [0, 0.05) is 6.08 Å². The maximum atomic E-state index is 13.2. The number of nitro groups is 1. The van der Waals surface area contributed by atoms with Gasteiger partial charge in [-0.1, -0.05) is 6.07 Å². The Morgan fingerprint density at radius 2 is 2.07 bits per heavy atom. The minimum absolute atomic E-state index is 0.245. The van der Waals surface area contributed by atoms with Crippen molar-refractivity contribution in [3.05, 3.63) is 51.2 Å². The van der Waals surface area contributed by atoms with E-state index >= 15 is 0 Å². The quantitative estimate of drug-likeness (QED) is 0.542. The number of hydrogen-bond acceptors (Lipinski definition) is 2. The molecule has 0 unspecified atom stereocenters. The van der Waals surface area contributed by atoms with Crippen LogP contribution in [-0.4, -0.2) is 4.92 Å². The number of rotatable bonds is 2. The fourth-order valence-corrected chi connectivity index (χ4v) is 0.967. The molecular weight excluding hydrogens is 192 g/mol. The van der Waals surface area contributed by atoms with E-state index in [4.69, 9.17) is 0 Å². The van der Waals surface area contributed by atoms with Crippen LogP contribution in [0.25, 0.3) is 6.08 Å². The monoisotopic (exact) mass is 199 g/mol. The molecule has 0 amide bonds. The predicted octanol–water partition coefficient (Wildman–Crippen LogP) is 2.52. The van der Waals surface area contributed by atoms with E-state index < -0.39 is 16.6 Å². The predicted molar refractivity (Wildman–Crippen MR) is 47.1 cm³/mol. The average molecular weight is 199 g/mol. The number of benzene rings is 1. The van der Waals surface area contributed by atoms with Crippen molar-refractivity contribution in [3.8, 4) is 0 Å². The van der Waals surface area contributed by atoms with Gasteiger partial charge in [0.15, 0.2) is 0 Å². The fourth-order valence-electron chi connectivity index (χ4n) is 0.967. The second-order valence-electron chi connectivity index (χ2n) is 2.69. The molecule has 0 spiro atoms. The summed E-state index contributed by atoms with van der Waals surface area (Å²) >= 11 is 0. The zero-order valence-electron chi connectivity index (χ0n) is 7.33. The van der Waals surface area contributed by atoms with E-state index in [0.717, 1.165) is 12.1 Å². The smallest absolute Gasteiger partial charge is 0.235 e. The molecule has 0 aliphatic carbocycles. The van der Waals surface area contributed by atoms with Gasteiger partial charge >= 0.3 is 0 Å². The molecule has 5 heteroatoms. The van der Waals surface area contributed by atoms with Crippen LogP contribution in [0.3, 0.4) is 0 Å². The maximum absolute atomic E-state index is 13.2. The molecule has 0 aromatic heterocycles. The van der Waals surface area contributed by atoms with Gasteiger partial charge in [-0.25, -0.2) is 8.78 Å². The lowest BCUT2D eigenvalue weighted by atomic mass is 10.1. The van der Waals surface area contributed by atoms with Gasteiger partial charge in [0.2, 0.25) is 6.20 Å². The molecule has 1 aromatic carbocycles. The molecule has 0 atom stereocenters. The molecule has 0 aliphatic heterocycles. The average Bonchev–Trinajstić information content (AvgIpc) is 2.11. The Labute approximate surface area is 78.8 Å². The third-order valence-corrected chi connectivity index (χ3v) is 1.68. The molecule has 1 aromatic rings. The molecular formula is C9H7F2NO2. The Kier molecular flexibility index (Phi) is 2.91. The SMILES string of the molecule is Cc1ccc(F)c(/C=C/[N+](=O)[O-])c1F. The lowest BCUT2D eigenvalue weighted by molar-refractivity contribution is -0.401. The topological polar surface area (TPSA) is 43.1 Å². The normalized spacial score (nSPS) is 10.8. The van der Waals surface area contributed by atoms with Crippen LogP contribution in [0.2, 0.25) is 0 Å². The summed E-state index contributed by atoms with van der Waals surface area (Å²) in [4.78, 5) is 9.18. The second kappa shape index (κ2) is 3.95. The Hall–Kier alpha value is -1.78. The zero-order chi connectivity index (χ0) is 10.7. The molecule has 0 saturated carbocycles. The molecule has 0 bridgehead atoms. The van der Waals surface area contributed by atoms with Gasteiger partial charge in [0.05, 0.1) is 10.5 Å². The van der Waals surface area contributed by atoms with Gasteiger partial charge in [-0.05, 0) is 18.6 Å². The summed E-state index contributed by atoms with van der Waals surface area (Å²) in [5.41, 5.74) is -0.143.